The lowest BCUT2D eigenvalue weighted by Gasteiger charge is -2.37. The van der Waals surface area contributed by atoms with Crippen LogP contribution in [0.2, 0.25) is 0 Å². The van der Waals surface area contributed by atoms with Gasteiger partial charge < -0.3 is 5.11 Å². The van der Waals surface area contributed by atoms with Gasteiger partial charge in [-0.15, -0.1) is 0 Å². The van der Waals surface area contributed by atoms with Crippen molar-refractivity contribution in [3.05, 3.63) is 46.0 Å². The number of carbonyl (C=O) groups is 2. The van der Waals surface area contributed by atoms with Crippen molar-refractivity contribution >= 4 is 23.7 Å². The van der Waals surface area contributed by atoms with Gasteiger partial charge in [-0.1, -0.05) is 12.2 Å². The number of nitro benzene ring substituents is 1. The third kappa shape index (κ3) is 2.33. The minimum Gasteiger partial charge on any atom is -0.502 e. The number of amides is 2. The number of hydrogen-bond donors (Lipinski definition) is 1. The first-order chi connectivity index (χ1) is 12.0. The molecule has 1 aliphatic heterocycles. The van der Waals surface area contributed by atoms with Crippen LogP contribution >= 0.6 is 0 Å². The Morgan fingerprint density at radius 3 is 2.28 bits per heavy atom. The van der Waals surface area contributed by atoms with Gasteiger partial charge in [-0.25, -0.2) is 0 Å². The van der Waals surface area contributed by atoms with Crippen LogP contribution in [0.3, 0.4) is 0 Å². The van der Waals surface area contributed by atoms with Gasteiger partial charge in [-0.05, 0) is 36.8 Å². The summed E-state index contributed by atoms with van der Waals surface area (Å²) in [6.07, 6.45) is 7.09. The molecule has 8 nitrogen and oxygen atoms in total. The fourth-order valence-electron chi connectivity index (χ4n) is 4.06. The maximum Gasteiger partial charge on any atom is 0.311 e. The number of benzene rings is 1. The molecule has 1 saturated carbocycles. The summed E-state index contributed by atoms with van der Waals surface area (Å²) >= 11 is 0. The summed E-state index contributed by atoms with van der Waals surface area (Å²) in [5.41, 5.74) is -0.139. The highest BCUT2D eigenvalue weighted by molar-refractivity contribution is 6.06. The molecule has 3 aliphatic carbocycles. The molecular weight excluding hydrogens is 326 g/mol. The van der Waals surface area contributed by atoms with Crippen molar-refractivity contribution < 1.29 is 19.6 Å². The van der Waals surface area contributed by atoms with Gasteiger partial charge in [0.15, 0.2) is 5.75 Å². The van der Waals surface area contributed by atoms with Crippen LogP contribution in [0.15, 0.2) is 35.5 Å². The predicted octanol–water partition coefficient (Wildman–Crippen LogP) is 1.83. The number of phenols is 1. The molecule has 128 valence electrons. The van der Waals surface area contributed by atoms with Gasteiger partial charge in [0.05, 0.1) is 23.0 Å². The van der Waals surface area contributed by atoms with E-state index in [1.807, 2.05) is 12.2 Å². The number of imide groups is 1. The molecule has 1 aromatic carbocycles. The summed E-state index contributed by atoms with van der Waals surface area (Å²) in [4.78, 5) is 35.4. The molecule has 2 fully saturated rings. The van der Waals surface area contributed by atoms with Gasteiger partial charge >= 0.3 is 5.69 Å². The number of phenolic OH excluding ortho intramolecular Hbond substituents is 1. The average molecular weight is 341 g/mol. The molecule has 25 heavy (non-hydrogen) atoms. The number of fused-ring (bicyclic) bond motifs is 1. The molecular formula is C17H15N3O5. The monoisotopic (exact) mass is 341 g/mol. The number of allylic oxidation sites excluding steroid dienone is 2. The summed E-state index contributed by atoms with van der Waals surface area (Å²) in [5, 5.41) is 25.2. The van der Waals surface area contributed by atoms with Crippen LogP contribution in [-0.4, -0.2) is 33.1 Å². The molecule has 0 spiro atoms. The quantitative estimate of drug-likeness (QED) is 0.296. The van der Waals surface area contributed by atoms with Gasteiger partial charge in [0, 0.05) is 11.6 Å². The molecule has 0 aromatic heterocycles. The minimum atomic E-state index is -0.712. The maximum atomic E-state index is 12.6. The summed E-state index contributed by atoms with van der Waals surface area (Å²) < 4.78 is 0. The predicted molar refractivity (Wildman–Crippen MR) is 86.5 cm³/mol. The molecule has 0 radical (unpaired) electrons. The van der Waals surface area contributed by atoms with Gasteiger partial charge in [-0.3, -0.25) is 19.7 Å². The lowest BCUT2D eigenvalue weighted by molar-refractivity contribution is -0.385. The molecule has 0 unspecified atom stereocenters. The highest BCUT2D eigenvalue weighted by atomic mass is 16.6. The van der Waals surface area contributed by atoms with Crippen LogP contribution < -0.4 is 0 Å². The van der Waals surface area contributed by atoms with E-state index in [0.29, 0.717) is 5.56 Å². The van der Waals surface area contributed by atoms with Gasteiger partial charge in [0.25, 0.3) is 11.8 Å². The Kier molecular flexibility index (Phi) is 3.41. The first kappa shape index (κ1) is 15.5. The zero-order valence-electron chi connectivity index (χ0n) is 13.1. The van der Waals surface area contributed by atoms with E-state index in [9.17, 15) is 24.8 Å². The number of hydrazone groups is 1. The standard InChI is InChI=1S/C17H15N3O5/c21-13-6-1-9(7-12(13)20(24)25)8-18-19-16(22)14-10-2-3-11(5-4-10)15(14)17(19)23/h1-3,6-8,10-11,14-15,21H,4-5H2/b18-8-/t10-,11-,14-,15-/m1/s1. The Hall–Kier alpha value is -3.03. The number of carbonyl (C=O) groups excluding carboxylic acids is 2. The van der Waals surface area contributed by atoms with Crippen molar-refractivity contribution in [2.45, 2.75) is 12.8 Å². The van der Waals surface area contributed by atoms with Gasteiger partial charge in [0.1, 0.15) is 0 Å². The third-order valence-electron chi connectivity index (χ3n) is 5.25. The van der Waals surface area contributed by atoms with E-state index in [1.54, 1.807) is 0 Å². The Bertz CT molecular complexity index is 815. The summed E-state index contributed by atoms with van der Waals surface area (Å²) in [6, 6.07) is 3.74. The van der Waals surface area contributed by atoms with E-state index < -0.39 is 16.4 Å². The van der Waals surface area contributed by atoms with Crippen molar-refractivity contribution in [1.82, 2.24) is 5.01 Å². The average Bonchev–Trinajstić information content (AvgIpc) is 2.88. The molecule has 2 amide bonds. The first-order valence-electron chi connectivity index (χ1n) is 8.05. The Morgan fingerprint density at radius 1 is 1.16 bits per heavy atom. The summed E-state index contributed by atoms with van der Waals surface area (Å²) in [7, 11) is 0. The number of nitrogens with zero attached hydrogens (tertiary/aromatic N) is 3. The Morgan fingerprint density at radius 2 is 1.76 bits per heavy atom. The van der Waals surface area contributed by atoms with Crippen LogP contribution in [0.5, 0.6) is 5.75 Å². The van der Waals surface area contributed by atoms with Crippen LogP contribution in [0, 0.1) is 33.8 Å². The summed E-state index contributed by atoms with van der Waals surface area (Å²) in [6.45, 7) is 0. The largest absolute Gasteiger partial charge is 0.502 e. The van der Waals surface area contributed by atoms with Crippen molar-refractivity contribution in [3.8, 4) is 5.75 Å². The highest BCUT2D eigenvalue weighted by Gasteiger charge is 2.56. The SMILES string of the molecule is O=C1[C@H]2[C@H](C(=O)N1/N=C\c1ccc(O)c([N+](=O)[O-])c1)[C@@H]1C=C[C@@H]2CC1. The molecule has 4 aliphatic rings. The van der Waals surface area contributed by atoms with Crippen molar-refractivity contribution in [1.29, 1.82) is 0 Å². The molecule has 5 rings (SSSR count). The smallest absolute Gasteiger partial charge is 0.311 e. The zero-order chi connectivity index (χ0) is 17.7. The molecule has 1 saturated heterocycles. The minimum absolute atomic E-state index is 0.0846. The lowest BCUT2D eigenvalue weighted by atomic mass is 9.63. The van der Waals surface area contributed by atoms with Gasteiger partial charge in [-0.2, -0.15) is 10.1 Å². The van der Waals surface area contributed by atoms with Crippen LogP contribution in [0.25, 0.3) is 0 Å². The first-order valence-corrected chi connectivity index (χ1v) is 8.05. The Balaban J connectivity index is 1.60. The van der Waals surface area contributed by atoms with E-state index in [0.717, 1.165) is 23.9 Å². The van der Waals surface area contributed by atoms with Crippen LogP contribution in [0.1, 0.15) is 18.4 Å². The number of rotatable bonds is 3. The fourth-order valence-corrected chi connectivity index (χ4v) is 4.06. The van der Waals surface area contributed by atoms with Crippen molar-refractivity contribution in [2.75, 3.05) is 0 Å². The van der Waals surface area contributed by atoms with Crippen LogP contribution in [-0.2, 0) is 9.59 Å². The van der Waals surface area contributed by atoms with E-state index in [4.69, 9.17) is 0 Å². The molecule has 4 atom stereocenters. The van der Waals surface area contributed by atoms with Crippen molar-refractivity contribution in [3.63, 3.8) is 0 Å². The second-order valence-electron chi connectivity index (χ2n) is 6.58. The fraction of sp³-hybridized carbons (Fsp3) is 0.353. The van der Waals surface area contributed by atoms with E-state index >= 15 is 0 Å². The van der Waals surface area contributed by atoms with E-state index in [-0.39, 0.29) is 35.5 Å². The van der Waals surface area contributed by atoms with Gasteiger partial charge in [0.2, 0.25) is 0 Å². The molecule has 1 aromatic rings. The number of aromatic hydroxyl groups is 1. The lowest BCUT2D eigenvalue weighted by Crippen LogP contribution is -2.38. The zero-order valence-corrected chi connectivity index (χ0v) is 13.1. The van der Waals surface area contributed by atoms with E-state index in [2.05, 4.69) is 5.10 Å². The molecule has 2 bridgehead atoms. The molecule has 1 N–H and O–H groups in total. The third-order valence-corrected chi connectivity index (χ3v) is 5.25. The van der Waals surface area contributed by atoms with Crippen molar-refractivity contribution in [2.24, 2.45) is 28.8 Å². The summed E-state index contributed by atoms with van der Waals surface area (Å²) in [5.74, 6) is -1.59. The highest BCUT2D eigenvalue weighted by Crippen LogP contribution is 2.49. The second-order valence-corrected chi connectivity index (χ2v) is 6.58. The molecule has 1 heterocycles. The topological polar surface area (TPSA) is 113 Å². The Labute approximate surface area is 142 Å². The second kappa shape index (κ2) is 5.51. The number of nitro groups is 1. The maximum absolute atomic E-state index is 12.6. The van der Waals surface area contributed by atoms with E-state index in [1.165, 1.54) is 18.3 Å². The van der Waals surface area contributed by atoms with Crippen LogP contribution in [0.4, 0.5) is 5.69 Å². The molecule has 8 heteroatoms. The number of hydrogen-bond acceptors (Lipinski definition) is 6. The normalized spacial score (nSPS) is 30.3.